The first-order valence-corrected chi connectivity index (χ1v) is 6.72. The number of esters is 1. The molecule has 0 aliphatic carbocycles. The third kappa shape index (κ3) is 4.64. The molecule has 1 saturated heterocycles. The maximum atomic E-state index is 11.6. The number of hydrogen-bond donors (Lipinski definition) is 1. The SMILES string of the molecule is CCOC(=O)CN(C(C)C)C1CCCNC(=O)C1. The van der Waals surface area contributed by atoms with Crippen molar-refractivity contribution >= 4 is 11.9 Å². The number of nitrogens with one attached hydrogen (secondary N) is 1. The minimum atomic E-state index is -0.212. The van der Waals surface area contributed by atoms with Gasteiger partial charge in [-0.2, -0.15) is 0 Å². The van der Waals surface area contributed by atoms with Gasteiger partial charge in [-0.05, 0) is 33.6 Å². The van der Waals surface area contributed by atoms with Crippen molar-refractivity contribution in [3.63, 3.8) is 0 Å². The lowest BCUT2D eigenvalue weighted by molar-refractivity contribution is -0.146. The van der Waals surface area contributed by atoms with Gasteiger partial charge in [0.05, 0.1) is 13.2 Å². The summed E-state index contributed by atoms with van der Waals surface area (Å²) in [7, 11) is 0. The first-order valence-electron chi connectivity index (χ1n) is 6.72. The molecule has 1 unspecified atom stereocenters. The molecule has 0 aromatic rings. The van der Waals surface area contributed by atoms with Gasteiger partial charge in [0, 0.05) is 25.0 Å². The molecular formula is C13H24N2O3. The van der Waals surface area contributed by atoms with Gasteiger partial charge in [0.25, 0.3) is 0 Å². The highest BCUT2D eigenvalue weighted by Crippen LogP contribution is 2.16. The van der Waals surface area contributed by atoms with Crippen LogP contribution in [0.1, 0.15) is 40.0 Å². The van der Waals surface area contributed by atoms with E-state index in [4.69, 9.17) is 4.74 Å². The van der Waals surface area contributed by atoms with E-state index < -0.39 is 0 Å². The summed E-state index contributed by atoms with van der Waals surface area (Å²) in [5.74, 6) is -0.136. The zero-order chi connectivity index (χ0) is 13.5. The number of rotatable bonds is 5. The topological polar surface area (TPSA) is 58.6 Å². The van der Waals surface area contributed by atoms with Crippen LogP contribution in [0.2, 0.25) is 0 Å². The van der Waals surface area contributed by atoms with Crippen molar-refractivity contribution in [3.05, 3.63) is 0 Å². The highest BCUT2D eigenvalue weighted by Gasteiger charge is 2.27. The zero-order valence-electron chi connectivity index (χ0n) is 11.6. The molecule has 1 atom stereocenters. The van der Waals surface area contributed by atoms with Gasteiger partial charge >= 0.3 is 5.97 Å². The largest absolute Gasteiger partial charge is 0.465 e. The third-order valence-electron chi connectivity index (χ3n) is 3.21. The zero-order valence-corrected chi connectivity index (χ0v) is 11.6. The standard InChI is InChI=1S/C13H24N2O3/c1-4-18-13(17)9-15(10(2)3)11-6-5-7-14-12(16)8-11/h10-11H,4-9H2,1-3H3,(H,14,16). The summed E-state index contributed by atoms with van der Waals surface area (Å²) in [4.78, 5) is 25.3. The predicted molar refractivity (Wildman–Crippen MR) is 69.1 cm³/mol. The van der Waals surface area contributed by atoms with E-state index in [-0.39, 0.29) is 30.5 Å². The summed E-state index contributed by atoms with van der Waals surface area (Å²) >= 11 is 0. The summed E-state index contributed by atoms with van der Waals surface area (Å²) in [5.41, 5.74) is 0. The molecule has 18 heavy (non-hydrogen) atoms. The Labute approximate surface area is 109 Å². The Hall–Kier alpha value is -1.10. The van der Waals surface area contributed by atoms with Crippen LogP contribution in [0.3, 0.4) is 0 Å². The Morgan fingerprint density at radius 3 is 2.89 bits per heavy atom. The predicted octanol–water partition coefficient (Wildman–Crippen LogP) is 0.929. The lowest BCUT2D eigenvalue weighted by Crippen LogP contribution is -2.45. The first-order chi connectivity index (χ1) is 8.54. The molecule has 0 bridgehead atoms. The van der Waals surface area contributed by atoms with Gasteiger partial charge in [-0.15, -0.1) is 0 Å². The Bertz CT molecular complexity index is 292. The summed E-state index contributed by atoms with van der Waals surface area (Å²) < 4.78 is 4.99. The van der Waals surface area contributed by atoms with Crippen LogP contribution in [-0.4, -0.2) is 48.6 Å². The number of nitrogens with zero attached hydrogens (tertiary/aromatic N) is 1. The summed E-state index contributed by atoms with van der Waals surface area (Å²) in [6.45, 7) is 7.29. The maximum absolute atomic E-state index is 11.6. The van der Waals surface area contributed by atoms with Crippen molar-refractivity contribution in [2.75, 3.05) is 19.7 Å². The number of ether oxygens (including phenoxy) is 1. The van der Waals surface area contributed by atoms with Crippen LogP contribution in [-0.2, 0) is 14.3 Å². The molecule has 1 rings (SSSR count). The molecule has 5 heteroatoms. The molecule has 104 valence electrons. The van der Waals surface area contributed by atoms with Crippen LogP contribution < -0.4 is 5.32 Å². The monoisotopic (exact) mass is 256 g/mol. The third-order valence-corrected chi connectivity index (χ3v) is 3.21. The van der Waals surface area contributed by atoms with Crippen molar-refractivity contribution in [1.82, 2.24) is 10.2 Å². The molecule has 1 fully saturated rings. The normalized spacial score (nSPS) is 20.7. The molecule has 5 nitrogen and oxygen atoms in total. The lowest BCUT2D eigenvalue weighted by Gasteiger charge is -2.32. The second-order valence-electron chi connectivity index (χ2n) is 4.92. The molecule has 1 aliphatic heterocycles. The van der Waals surface area contributed by atoms with Crippen LogP contribution in [0.15, 0.2) is 0 Å². The molecule has 1 aliphatic rings. The molecule has 0 aromatic heterocycles. The van der Waals surface area contributed by atoms with Crippen LogP contribution in [0.5, 0.6) is 0 Å². The Kier molecular flexibility index (Phi) is 6.12. The van der Waals surface area contributed by atoms with Crippen LogP contribution >= 0.6 is 0 Å². The molecule has 1 heterocycles. The minimum Gasteiger partial charge on any atom is -0.465 e. The quantitative estimate of drug-likeness (QED) is 0.743. The summed E-state index contributed by atoms with van der Waals surface area (Å²) in [6.07, 6.45) is 2.37. The van der Waals surface area contributed by atoms with E-state index in [1.165, 1.54) is 0 Å². The average Bonchev–Trinajstić information content (AvgIpc) is 2.50. The van der Waals surface area contributed by atoms with E-state index in [0.29, 0.717) is 13.0 Å². The number of amides is 1. The minimum absolute atomic E-state index is 0.0759. The maximum Gasteiger partial charge on any atom is 0.320 e. The summed E-state index contributed by atoms with van der Waals surface area (Å²) in [6, 6.07) is 0.363. The van der Waals surface area contributed by atoms with E-state index in [1.54, 1.807) is 6.92 Å². The van der Waals surface area contributed by atoms with E-state index in [2.05, 4.69) is 10.2 Å². The number of carbonyl (C=O) groups is 2. The van der Waals surface area contributed by atoms with Gasteiger partial charge in [0.2, 0.25) is 5.91 Å². The molecule has 0 saturated carbocycles. The molecule has 0 aromatic carbocycles. The molecular weight excluding hydrogens is 232 g/mol. The molecule has 1 N–H and O–H groups in total. The average molecular weight is 256 g/mol. The number of hydrogen-bond acceptors (Lipinski definition) is 4. The smallest absolute Gasteiger partial charge is 0.320 e. The van der Waals surface area contributed by atoms with Crippen LogP contribution in [0.4, 0.5) is 0 Å². The fourth-order valence-corrected chi connectivity index (χ4v) is 2.33. The van der Waals surface area contributed by atoms with E-state index in [0.717, 1.165) is 19.4 Å². The van der Waals surface area contributed by atoms with Crippen LogP contribution in [0.25, 0.3) is 0 Å². The van der Waals surface area contributed by atoms with Crippen molar-refractivity contribution in [2.45, 2.75) is 52.1 Å². The van der Waals surface area contributed by atoms with Crippen molar-refractivity contribution in [1.29, 1.82) is 0 Å². The highest BCUT2D eigenvalue weighted by atomic mass is 16.5. The molecule has 0 radical (unpaired) electrons. The van der Waals surface area contributed by atoms with Gasteiger partial charge in [-0.3, -0.25) is 14.5 Å². The Morgan fingerprint density at radius 1 is 1.56 bits per heavy atom. The highest BCUT2D eigenvalue weighted by molar-refractivity contribution is 5.77. The molecule has 0 spiro atoms. The number of carbonyl (C=O) groups excluding carboxylic acids is 2. The fraction of sp³-hybridized carbons (Fsp3) is 0.846. The second-order valence-corrected chi connectivity index (χ2v) is 4.92. The Morgan fingerprint density at radius 2 is 2.28 bits per heavy atom. The van der Waals surface area contributed by atoms with Crippen LogP contribution in [0, 0.1) is 0 Å². The second kappa shape index (κ2) is 7.36. The van der Waals surface area contributed by atoms with Gasteiger partial charge in [0.1, 0.15) is 0 Å². The first kappa shape index (κ1) is 15.0. The van der Waals surface area contributed by atoms with Crippen molar-refractivity contribution in [3.8, 4) is 0 Å². The van der Waals surface area contributed by atoms with Crippen molar-refractivity contribution < 1.29 is 14.3 Å². The van der Waals surface area contributed by atoms with E-state index in [9.17, 15) is 9.59 Å². The van der Waals surface area contributed by atoms with E-state index in [1.807, 2.05) is 13.8 Å². The molecule has 1 amide bonds. The van der Waals surface area contributed by atoms with Gasteiger partial charge in [-0.25, -0.2) is 0 Å². The van der Waals surface area contributed by atoms with Crippen molar-refractivity contribution in [2.24, 2.45) is 0 Å². The van der Waals surface area contributed by atoms with Gasteiger partial charge in [0.15, 0.2) is 0 Å². The van der Waals surface area contributed by atoms with Gasteiger partial charge in [-0.1, -0.05) is 0 Å². The Balaban J connectivity index is 2.64. The lowest BCUT2D eigenvalue weighted by atomic mass is 10.1. The fourth-order valence-electron chi connectivity index (χ4n) is 2.33. The van der Waals surface area contributed by atoms with Gasteiger partial charge < -0.3 is 10.1 Å². The summed E-state index contributed by atoms with van der Waals surface area (Å²) in [5, 5.41) is 2.86. The van der Waals surface area contributed by atoms with E-state index >= 15 is 0 Å².